The second kappa shape index (κ2) is 10.5. The summed E-state index contributed by atoms with van der Waals surface area (Å²) in [5.74, 6) is 0.213. The molecule has 0 spiro atoms. The summed E-state index contributed by atoms with van der Waals surface area (Å²) in [6.07, 6.45) is 3.91. The van der Waals surface area contributed by atoms with Crippen LogP contribution in [0.1, 0.15) is 43.9 Å². The van der Waals surface area contributed by atoms with Crippen molar-refractivity contribution in [1.29, 1.82) is 0 Å². The number of amides is 1. The summed E-state index contributed by atoms with van der Waals surface area (Å²) in [5, 5.41) is 2.75. The number of aromatic nitrogens is 1. The zero-order valence-corrected chi connectivity index (χ0v) is 19.0. The third-order valence-corrected chi connectivity index (χ3v) is 5.38. The van der Waals surface area contributed by atoms with Crippen LogP contribution in [0.2, 0.25) is 0 Å². The van der Waals surface area contributed by atoms with Crippen molar-refractivity contribution in [3.05, 3.63) is 77.5 Å². The van der Waals surface area contributed by atoms with Crippen LogP contribution in [0.25, 0.3) is 0 Å². The molecule has 178 valence electrons. The van der Waals surface area contributed by atoms with Gasteiger partial charge in [0.1, 0.15) is 35.5 Å². The van der Waals surface area contributed by atoms with E-state index in [9.17, 15) is 13.6 Å². The van der Waals surface area contributed by atoms with E-state index < -0.39 is 11.6 Å². The third-order valence-electron chi connectivity index (χ3n) is 5.38. The number of ether oxygens (including phenoxy) is 3. The molecular formula is C26H26F2N2O4. The van der Waals surface area contributed by atoms with Gasteiger partial charge in [-0.3, -0.25) is 4.79 Å². The molecule has 8 heteroatoms. The maximum absolute atomic E-state index is 14.6. The Morgan fingerprint density at radius 1 is 1.06 bits per heavy atom. The molecule has 1 amide bonds. The summed E-state index contributed by atoms with van der Waals surface area (Å²) in [6.45, 7) is 3.58. The van der Waals surface area contributed by atoms with Crippen LogP contribution in [0.5, 0.6) is 23.1 Å². The van der Waals surface area contributed by atoms with Gasteiger partial charge in [0.15, 0.2) is 0 Å². The average Bonchev–Trinajstić information content (AvgIpc) is 3.62. The Morgan fingerprint density at radius 2 is 1.79 bits per heavy atom. The molecule has 0 saturated heterocycles. The minimum Gasteiger partial charge on any atom is -0.493 e. The molecule has 4 rings (SSSR count). The Hall–Kier alpha value is -3.68. The van der Waals surface area contributed by atoms with E-state index >= 15 is 0 Å². The molecule has 1 N–H and O–H groups in total. The lowest BCUT2D eigenvalue weighted by atomic mass is 10.1. The van der Waals surface area contributed by atoms with E-state index in [1.54, 1.807) is 36.5 Å². The van der Waals surface area contributed by atoms with Gasteiger partial charge in [-0.2, -0.15) is 0 Å². The topological polar surface area (TPSA) is 69.7 Å². The summed E-state index contributed by atoms with van der Waals surface area (Å²) < 4.78 is 46.1. The summed E-state index contributed by atoms with van der Waals surface area (Å²) >= 11 is 0. The van der Waals surface area contributed by atoms with Gasteiger partial charge in [0.2, 0.25) is 11.8 Å². The second-order valence-corrected chi connectivity index (χ2v) is 8.34. The summed E-state index contributed by atoms with van der Waals surface area (Å²) in [6, 6.07) is 12.3. The Kier molecular flexibility index (Phi) is 7.25. The van der Waals surface area contributed by atoms with Crippen molar-refractivity contribution in [1.82, 2.24) is 10.3 Å². The van der Waals surface area contributed by atoms with Crippen LogP contribution < -0.4 is 19.5 Å². The summed E-state index contributed by atoms with van der Waals surface area (Å²) in [5.41, 5.74) is 0.551. The van der Waals surface area contributed by atoms with Crippen LogP contribution >= 0.6 is 0 Å². The Bertz CT molecular complexity index is 1130. The first-order chi connectivity index (χ1) is 16.4. The fraction of sp³-hybridized carbons (Fsp3) is 0.308. The minimum atomic E-state index is -0.785. The fourth-order valence-corrected chi connectivity index (χ4v) is 3.31. The molecule has 3 aromatic rings. The quantitative estimate of drug-likeness (QED) is 0.412. The molecule has 1 unspecified atom stereocenters. The van der Waals surface area contributed by atoms with E-state index in [1.165, 1.54) is 19.8 Å². The first-order valence-corrected chi connectivity index (χ1v) is 11.1. The SMILES string of the molecule is CC(=O)NC(C)c1ccc(OCc2c(F)cc(Oc3cccc(OCC4CC4)c3)cc2F)nc1. The minimum absolute atomic E-state index is 0.0347. The van der Waals surface area contributed by atoms with Crippen molar-refractivity contribution in [2.75, 3.05) is 6.61 Å². The van der Waals surface area contributed by atoms with Gasteiger partial charge in [-0.05, 0) is 43.4 Å². The largest absolute Gasteiger partial charge is 0.493 e. The van der Waals surface area contributed by atoms with Crippen molar-refractivity contribution in [2.24, 2.45) is 5.92 Å². The lowest BCUT2D eigenvalue weighted by molar-refractivity contribution is -0.119. The van der Waals surface area contributed by atoms with Gasteiger partial charge in [-0.1, -0.05) is 12.1 Å². The standard InChI is InChI=1S/C26H26F2N2O4/c1-16(30-17(2)31)19-8-9-26(29-13-19)33-15-23-24(27)11-22(12-25(23)28)34-21-5-3-4-20(10-21)32-14-18-6-7-18/h3-5,8-13,16,18H,6-7,14-15H2,1-2H3,(H,30,31). The third kappa shape index (κ3) is 6.43. The number of benzene rings is 2. The highest BCUT2D eigenvalue weighted by Crippen LogP contribution is 2.32. The average molecular weight is 469 g/mol. The summed E-state index contributed by atoms with van der Waals surface area (Å²) in [4.78, 5) is 15.3. The predicted octanol–water partition coefficient (Wildman–Crippen LogP) is 5.72. The van der Waals surface area contributed by atoms with E-state index in [-0.39, 0.29) is 35.7 Å². The molecule has 1 saturated carbocycles. The number of nitrogens with one attached hydrogen (secondary N) is 1. The fourth-order valence-electron chi connectivity index (χ4n) is 3.31. The van der Waals surface area contributed by atoms with Crippen LogP contribution in [0.3, 0.4) is 0 Å². The van der Waals surface area contributed by atoms with Crippen molar-refractivity contribution in [3.63, 3.8) is 0 Å². The molecule has 0 aliphatic heterocycles. The molecule has 1 aromatic heterocycles. The highest BCUT2D eigenvalue weighted by Gasteiger charge is 2.22. The zero-order chi connectivity index (χ0) is 24.1. The molecular weight excluding hydrogens is 442 g/mol. The number of rotatable bonds is 10. The maximum Gasteiger partial charge on any atom is 0.217 e. The number of carbonyl (C=O) groups is 1. The highest BCUT2D eigenvalue weighted by molar-refractivity contribution is 5.73. The van der Waals surface area contributed by atoms with Crippen LogP contribution in [-0.2, 0) is 11.4 Å². The zero-order valence-electron chi connectivity index (χ0n) is 19.0. The number of hydrogen-bond donors (Lipinski definition) is 1. The molecule has 1 aliphatic rings. The Morgan fingerprint density at radius 3 is 2.44 bits per heavy atom. The lowest BCUT2D eigenvalue weighted by Crippen LogP contribution is -2.23. The van der Waals surface area contributed by atoms with E-state index in [0.29, 0.717) is 24.0 Å². The number of nitrogens with zero attached hydrogens (tertiary/aromatic N) is 1. The van der Waals surface area contributed by atoms with E-state index in [4.69, 9.17) is 14.2 Å². The number of pyridine rings is 1. The number of carbonyl (C=O) groups excluding carboxylic acids is 1. The predicted molar refractivity (Wildman–Crippen MR) is 122 cm³/mol. The molecule has 1 atom stereocenters. The van der Waals surface area contributed by atoms with Crippen LogP contribution in [0.15, 0.2) is 54.7 Å². The van der Waals surface area contributed by atoms with Gasteiger partial charge in [0, 0.05) is 37.4 Å². The van der Waals surface area contributed by atoms with Crippen molar-refractivity contribution >= 4 is 5.91 Å². The van der Waals surface area contributed by atoms with E-state index in [2.05, 4.69) is 10.3 Å². The van der Waals surface area contributed by atoms with Crippen molar-refractivity contribution < 1.29 is 27.8 Å². The van der Waals surface area contributed by atoms with Gasteiger partial charge in [-0.25, -0.2) is 13.8 Å². The molecule has 34 heavy (non-hydrogen) atoms. The van der Waals surface area contributed by atoms with E-state index in [1.807, 2.05) is 13.0 Å². The number of halogens is 2. The van der Waals surface area contributed by atoms with E-state index in [0.717, 1.165) is 17.7 Å². The van der Waals surface area contributed by atoms with Gasteiger partial charge in [0.05, 0.1) is 18.2 Å². The van der Waals surface area contributed by atoms with Gasteiger partial charge in [0.25, 0.3) is 0 Å². The van der Waals surface area contributed by atoms with Gasteiger partial charge in [-0.15, -0.1) is 0 Å². The van der Waals surface area contributed by atoms with Crippen molar-refractivity contribution in [2.45, 2.75) is 39.3 Å². The molecule has 2 aromatic carbocycles. The summed E-state index contributed by atoms with van der Waals surface area (Å²) in [7, 11) is 0. The maximum atomic E-state index is 14.6. The van der Waals surface area contributed by atoms with Crippen molar-refractivity contribution in [3.8, 4) is 23.1 Å². The molecule has 1 fully saturated rings. The number of hydrogen-bond acceptors (Lipinski definition) is 5. The smallest absolute Gasteiger partial charge is 0.217 e. The highest BCUT2D eigenvalue weighted by atomic mass is 19.1. The van der Waals surface area contributed by atoms with Crippen LogP contribution in [-0.4, -0.2) is 17.5 Å². The monoisotopic (exact) mass is 468 g/mol. The normalized spacial score (nSPS) is 13.8. The molecule has 0 radical (unpaired) electrons. The van der Waals surface area contributed by atoms with Gasteiger partial charge >= 0.3 is 0 Å². The first kappa shape index (κ1) is 23.5. The lowest BCUT2D eigenvalue weighted by Gasteiger charge is -2.13. The molecule has 1 aliphatic carbocycles. The Balaban J connectivity index is 1.37. The van der Waals surface area contributed by atoms with Crippen LogP contribution in [0, 0.1) is 17.6 Å². The van der Waals surface area contributed by atoms with Gasteiger partial charge < -0.3 is 19.5 Å². The molecule has 6 nitrogen and oxygen atoms in total. The Labute approximate surface area is 196 Å². The molecule has 0 bridgehead atoms. The first-order valence-electron chi connectivity index (χ1n) is 11.1. The second-order valence-electron chi connectivity index (χ2n) is 8.34. The molecule has 1 heterocycles. The van der Waals surface area contributed by atoms with Crippen LogP contribution in [0.4, 0.5) is 8.78 Å².